The number of hydrogen-bond acceptors (Lipinski definition) is 2. The van der Waals surface area contributed by atoms with E-state index in [1.165, 1.54) is 69.8 Å². The summed E-state index contributed by atoms with van der Waals surface area (Å²) >= 11 is 0. The molecule has 2 nitrogen and oxygen atoms in total. The first-order valence-electron chi connectivity index (χ1n) is 16.3. The highest BCUT2D eigenvalue weighted by molar-refractivity contribution is 5.64. The minimum absolute atomic E-state index is 0.0325. The molecule has 1 saturated heterocycles. The van der Waals surface area contributed by atoms with Crippen molar-refractivity contribution in [2.75, 3.05) is 6.61 Å². The van der Waals surface area contributed by atoms with E-state index >= 15 is 4.39 Å². The summed E-state index contributed by atoms with van der Waals surface area (Å²) in [5, 5.41) is 10.4. The van der Waals surface area contributed by atoms with Crippen LogP contribution in [0.25, 0.3) is 11.1 Å². The standard InChI is InChI=1S/C36H49FO2/c1-2-3-35(38)30-16-12-27(13-17-30)25-6-4-24(5-7-25)26-8-10-28(11-9-26)32-20-21-33(34(37)22-32)29-14-18-31(19-15-29)36-23-39-36/h8-11,20-22,24-25,27,29-31,35-36,38H,2-7,12-19,23H2,1H3. The zero-order valence-corrected chi connectivity index (χ0v) is 24.0. The molecule has 0 aromatic heterocycles. The molecule has 0 spiro atoms. The molecule has 0 bridgehead atoms. The molecular weight excluding hydrogens is 483 g/mol. The number of aliphatic hydroxyl groups excluding tert-OH is 1. The maximum atomic E-state index is 15.2. The van der Waals surface area contributed by atoms with Crippen molar-refractivity contribution in [1.82, 2.24) is 0 Å². The number of hydrogen-bond donors (Lipinski definition) is 1. The van der Waals surface area contributed by atoms with Gasteiger partial charge in [-0.15, -0.1) is 0 Å². The highest BCUT2D eigenvalue weighted by Gasteiger charge is 2.36. The molecule has 1 N–H and O–H groups in total. The highest BCUT2D eigenvalue weighted by Crippen LogP contribution is 2.45. The normalized spacial score (nSPS) is 34.0. The average Bonchev–Trinajstić information content (AvgIpc) is 3.84. The van der Waals surface area contributed by atoms with Crippen molar-refractivity contribution < 1.29 is 14.2 Å². The molecule has 3 heteroatoms. The van der Waals surface area contributed by atoms with E-state index in [2.05, 4.69) is 43.3 Å². The Kier molecular flexibility index (Phi) is 8.75. The summed E-state index contributed by atoms with van der Waals surface area (Å²) in [6.45, 7) is 3.11. The van der Waals surface area contributed by atoms with E-state index in [-0.39, 0.29) is 11.9 Å². The molecule has 3 aliphatic carbocycles. The fraction of sp³-hybridized carbons (Fsp3) is 0.667. The molecule has 3 saturated carbocycles. The second kappa shape index (κ2) is 12.4. The van der Waals surface area contributed by atoms with Crippen LogP contribution in [0.15, 0.2) is 42.5 Å². The summed E-state index contributed by atoms with van der Waals surface area (Å²) in [5.41, 5.74) is 4.48. The van der Waals surface area contributed by atoms with Crippen LogP contribution in [0.5, 0.6) is 0 Å². The lowest BCUT2D eigenvalue weighted by atomic mass is 9.67. The smallest absolute Gasteiger partial charge is 0.127 e. The third kappa shape index (κ3) is 6.46. The summed E-state index contributed by atoms with van der Waals surface area (Å²) in [7, 11) is 0. The van der Waals surface area contributed by atoms with E-state index in [4.69, 9.17) is 4.74 Å². The summed E-state index contributed by atoms with van der Waals surface area (Å²) in [6.07, 6.45) is 17.4. The predicted octanol–water partition coefficient (Wildman–Crippen LogP) is 9.41. The van der Waals surface area contributed by atoms with E-state index < -0.39 is 0 Å². The van der Waals surface area contributed by atoms with Crippen LogP contribution in [0.4, 0.5) is 4.39 Å². The number of rotatable bonds is 8. The number of halogens is 1. The van der Waals surface area contributed by atoms with E-state index in [1.54, 1.807) is 6.07 Å². The van der Waals surface area contributed by atoms with Gasteiger partial charge in [-0.2, -0.15) is 0 Å². The van der Waals surface area contributed by atoms with Crippen molar-refractivity contribution in [3.05, 3.63) is 59.4 Å². The van der Waals surface area contributed by atoms with Crippen molar-refractivity contribution in [2.24, 2.45) is 23.7 Å². The number of benzene rings is 2. The molecule has 212 valence electrons. The second-order valence-corrected chi connectivity index (χ2v) is 13.5. The van der Waals surface area contributed by atoms with Crippen LogP contribution in [-0.4, -0.2) is 23.9 Å². The summed E-state index contributed by atoms with van der Waals surface area (Å²) in [4.78, 5) is 0. The number of aliphatic hydroxyl groups is 1. The van der Waals surface area contributed by atoms with Crippen molar-refractivity contribution in [3.8, 4) is 11.1 Å². The number of epoxide rings is 1. The Bertz CT molecular complexity index is 1050. The van der Waals surface area contributed by atoms with E-state index in [0.717, 1.165) is 60.8 Å². The van der Waals surface area contributed by atoms with Gasteiger partial charge in [0.1, 0.15) is 5.82 Å². The van der Waals surface area contributed by atoms with Gasteiger partial charge in [-0.25, -0.2) is 4.39 Å². The quantitative estimate of drug-likeness (QED) is 0.344. The molecule has 1 heterocycles. The highest BCUT2D eigenvalue weighted by atomic mass is 19.1. The summed E-state index contributed by atoms with van der Waals surface area (Å²) in [6, 6.07) is 15.0. The SMILES string of the molecule is CCCC(O)C1CCC(C2CCC(c3ccc(-c4ccc(C5CCC(C6CO6)CC5)c(F)c4)cc3)CC2)CC1. The van der Waals surface area contributed by atoms with Gasteiger partial charge in [-0.1, -0.05) is 49.7 Å². The van der Waals surface area contributed by atoms with Crippen molar-refractivity contribution in [2.45, 2.75) is 121 Å². The molecule has 4 aliphatic rings. The van der Waals surface area contributed by atoms with E-state index in [9.17, 15) is 5.11 Å². The Labute approximate surface area is 235 Å². The molecular formula is C36H49FO2. The van der Waals surface area contributed by atoms with Crippen LogP contribution in [-0.2, 0) is 4.74 Å². The van der Waals surface area contributed by atoms with Crippen molar-refractivity contribution in [1.29, 1.82) is 0 Å². The maximum absolute atomic E-state index is 15.2. The van der Waals surface area contributed by atoms with Gasteiger partial charge in [0.25, 0.3) is 0 Å². The molecule has 0 radical (unpaired) electrons. The lowest BCUT2D eigenvalue weighted by Gasteiger charge is -2.39. The molecule has 4 fully saturated rings. The largest absolute Gasteiger partial charge is 0.393 e. The van der Waals surface area contributed by atoms with Gasteiger partial charge >= 0.3 is 0 Å². The van der Waals surface area contributed by atoms with Crippen LogP contribution in [0.3, 0.4) is 0 Å². The first-order valence-corrected chi connectivity index (χ1v) is 16.3. The zero-order chi connectivity index (χ0) is 26.8. The van der Waals surface area contributed by atoms with Gasteiger partial charge in [0, 0.05) is 0 Å². The van der Waals surface area contributed by atoms with Gasteiger partial charge in [0.15, 0.2) is 0 Å². The van der Waals surface area contributed by atoms with E-state index in [1.807, 2.05) is 0 Å². The molecule has 2 aromatic rings. The van der Waals surface area contributed by atoms with Crippen LogP contribution in [0, 0.1) is 29.5 Å². The van der Waals surface area contributed by atoms with E-state index in [0.29, 0.717) is 29.8 Å². The fourth-order valence-corrected chi connectivity index (χ4v) is 8.57. The molecule has 39 heavy (non-hydrogen) atoms. The third-order valence-electron chi connectivity index (χ3n) is 11.2. The zero-order valence-electron chi connectivity index (χ0n) is 24.0. The topological polar surface area (TPSA) is 32.8 Å². The minimum atomic E-state index is -0.0726. The van der Waals surface area contributed by atoms with Crippen LogP contribution in [0.2, 0.25) is 0 Å². The lowest BCUT2D eigenvalue weighted by Crippen LogP contribution is -2.30. The summed E-state index contributed by atoms with van der Waals surface area (Å²) in [5.74, 6) is 3.98. The van der Waals surface area contributed by atoms with Crippen LogP contribution >= 0.6 is 0 Å². The van der Waals surface area contributed by atoms with Gasteiger partial charge in [-0.05, 0) is 147 Å². The lowest BCUT2D eigenvalue weighted by molar-refractivity contribution is 0.0529. The maximum Gasteiger partial charge on any atom is 0.127 e. The number of ether oxygens (including phenoxy) is 1. The Morgan fingerprint density at radius 3 is 1.90 bits per heavy atom. The van der Waals surface area contributed by atoms with Gasteiger partial charge < -0.3 is 9.84 Å². The molecule has 2 aromatic carbocycles. The molecule has 0 amide bonds. The molecule has 1 aliphatic heterocycles. The average molecular weight is 533 g/mol. The summed E-state index contributed by atoms with van der Waals surface area (Å²) < 4.78 is 20.7. The first-order chi connectivity index (χ1) is 19.1. The Morgan fingerprint density at radius 1 is 0.744 bits per heavy atom. The predicted molar refractivity (Wildman–Crippen MR) is 157 cm³/mol. The van der Waals surface area contributed by atoms with Crippen LogP contribution < -0.4 is 0 Å². The second-order valence-electron chi connectivity index (χ2n) is 13.5. The first kappa shape index (κ1) is 27.5. The molecule has 2 unspecified atom stereocenters. The van der Waals surface area contributed by atoms with Gasteiger partial charge in [0.2, 0.25) is 0 Å². The minimum Gasteiger partial charge on any atom is -0.393 e. The van der Waals surface area contributed by atoms with Gasteiger partial charge in [-0.3, -0.25) is 0 Å². The molecule has 6 rings (SSSR count). The van der Waals surface area contributed by atoms with Crippen molar-refractivity contribution in [3.63, 3.8) is 0 Å². The Morgan fingerprint density at radius 2 is 1.31 bits per heavy atom. The fourth-order valence-electron chi connectivity index (χ4n) is 8.57. The van der Waals surface area contributed by atoms with Crippen LogP contribution in [0.1, 0.15) is 120 Å². The Hall–Kier alpha value is -1.71. The third-order valence-corrected chi connectivity index (χ3v) is 11.2. The van der Waals surface area contributed by atoms with Gasteiger partial charge in [0.05, 0.1) is 18.8 Å². The Balaban J connectivity index is 0.998. The van der Waals surface area contributed by atoms with Crippen molar-refractivity contribution >= 4 is 0 Å². The monoisotopic (exact) mass is 532 g/mol. The molecule has 2 atom stereocenters.